The SMILES string of the molecule is CCN1CCN(c2cc(C(C)(C)C)nc3c(-c4ccc(F)cc4)c(C)nn23)CC1. The molecule has 0 saturated carbocycles. The molecule has 2 aromatic heterocycles. The lowest BCUT2D eigenvalue weighted by atomic mass is 9.91. The molecule has 29 heavy (non-hydrogen) atoms. The van der Waals surface area contributed by atoms with Gasteiger partial charge in [0, 0.05) is 43.2 Å². The second kappa shape index (κ2) is 7.41. The number of benzene rings is 1. The van der Waals surface area contributed by atoms with Crippen molar-refractivity contribution in [3.05, 3.63) is 47.5 Å². The Hall–Kier alpha value is -2.47. The van der Waals surface area contributed by atoms with Crippen LogP contribution in [0.15, 0.2) is 30.3 Å². The van der Waals surface area contributed by atoms with Gasteiger partial charge in [-0.05, 0) is 31.2 Å². The van der Waals surface area contributed by atoms with Crippen molar-refractivity contribution in [3.8, 4) is 11.1 Å². The van der Waals surface area contributed by atoms with Gasteiger partial charge in [0.15, 0.2) is 5.65 Å². The van der Waals surface area contributed by atoms with Gasteiger partial charge in [-0.25, -0.2) is 9.37 Å². The van der Waals surface area contributed by atoms with E-state index in [1.165, 1.54) is 12.1 Å². The van der Waals surface area contributed by atoms with Crippen LogP contribution < -0.4 is 4.90 Å². The Bertz CT molecular complexity index is 1010. The van der Waals surface area contributed by atoms with Gasteiger partial charge in [-0.3, -0.25) is 0 Å². The molecule has 0 N–H and O–H groups in total. The molecule has 0 radical (unpaired) electrons. The highest BCUT2D eigenvalue weighted by molar-refractivity contribution is 5.81. The van der Waals surface area contributed by atoms with Gasteiger partial charge in [0.1, 0.15) is 11.6 Å². The van der Waals surface area contributed by atoms with E-state index in [-0.39, 0.29) is 11.2 Å². The monoisotopic (exact) mass is 395 g/mol. The molecule has 0 unspecified atom stereocenters. The number of aryl methyl sites for hydroxylation is 1. The quantitative estimate of drug-likeness (QED) is 0.663. The summed E-state index contributed by atoms with van der Waals surface area (Å²) in [7, 11) is 0. The first-order valence-corrected chi connectivity index (χ1v) is 10.4. The van der Waals surface area contributed by atoms with Crippen molar-refractivity contribution >= 4 is 11.5 Å². The molecule has 1 fully saturated rings. The maximum Gasteiger partial charge on any atom is 0.165 e. The van der Waals surface area contributed by atoms with Gasteiger partial charge in [-0.2, -0.15) is 9.61 Å². The molecule has 154 valence electrons. The minimum absolute atomic E-state index is 0.0834. The smallest absolute Gasteiger partial charge is 0.165 e. The average molecular weight is 396 g/mol. The van der Waals surface area contributed by atoms with Crippen LogP contribution in [-0.2, 0) is 5.41 Å². The average Bonchev–Trinajstić information content (AvgIpc) is 3.03. The third-order valence-electron chi connectivity index (χ3n) is 5.79. The first kappa shape index (κ1) is 19.8. The van der Waals surface area contributed by atoms with Gasteiger partial charge in [-0.1, -0.05) is 39.8 Å². The van der Waals surface area contributed by atoms with Gasteiger partial charge >= 0.3 is 0 Å². The number of hydrogen-bond donors (Lipinski definition) is 0. The lowest BCUT2D eigenvalue weighted by Gasteiger charge is -2.36. The van der Waals surface area contributed by atoms with Crippen LogP contribution in [0.5, 0.6) is 0 Å². The highest BCUT2D eigenvalue weighted by Gasteiger charge is 2.25. The lowest BCUT2D eigenvalue weighted by Crippen LogP contribution is -2.47. The van der Waals surface area contributed by atoms with Crippen molar-refractivity contribution in [2.45, 2.75) is 40.0 Å². The minimum atomic E-state index is -0.235. The molecule has 5 nitrogen and oxygen atoms in total. The zero-order chi connectivity index (χ0) is 20.8. The molecule has 6 heteroatoms. The summed E-state index contributed by atoms with van der Waals surface area (Å²) in [6.45, 7) is 15.9. The molecule has 0 aliphatic carbocycles. The summed E-state index contributed by atoms with van der Waals surface area (Å²) in [5.74, 6) is 0.854. The number of fused-ring (bicyclic) bond motifs is 1. The Kier molecular flexibility index (Phi) is 5.07. The van der Waals surface area contributed by atoms with E-state index < -0.39 is 0 Å². The van der Waals surface area contributed by atoms with E-state index in [0.29, 0.717) is 0 Å². The maximum absolute atomic E-state index is 13.5. The summed E-state index contributed by atoms with van der Waals surface area (Å²) >= 11 is 0. The fraction of sp³-hybridized carbons (Fsp3) is 0.478. The fourth-order valence-electron chi connectivity index (χ4n) is 3.97. The topological polar surface area (TPSA) is 36.7 Å². The number of anilines is 1. The molecule has 1 aliphatic heterocycles. The van der Waals surface area contributed by atoms with E-state index in [2.05, 4.69) is 43.6 Å². The van der Waals surface area contributed by atoms with E-state index in [4.69, 9.17) is 10.1 Å². The molecule has 0 amide bonds. The third kappa shape index (κ3) is 3.73. The molecule has 4 rings (SSSR count). The van der Waals surface area contributed by atoms with E-state index in [9.17, 15) is 4.39 Å². The molecule has 0 atom stereocenters. The third-order valence-corrected chi connectivity index (χ3v) is 5.79. The first-order valence-electron chi connectivity index (χ1n) is 10.4. The second-order valence-corrected chi connectivity index (χ2v) is 8.87. The summed E-state index contributed by atoms with van der Waals surface area (Å²) in [6, 6.07) is 8.80. The minimum Gasteiger partial charge on any atom is -0.354 e. The Labute approximate surface area is 172 Å². The molecule has 1 aliphatic rings. The summed E-state index contributed by atoms with van der Waals surface area (Å²) in [4.78, 5) is 9.91. The van der Waals surface area contributed by atoms with E-state index in [1.54, 1.807) is 0 Å². The first-order chi connectivity index (χ1) is 13.8. The standard InChI is InChI=1S/C23H30FN5/c1-6-27-11-13-28(14-12-27)20-15-19(23(3,4)5)25-22-21(16(2)26-29(20)22)17-7-9-18(24)10-8-17/h7-10,15H,6,11-14H2,1-5H3. The van der Waals surface area contributed by atoms with Crippen LogP contribution in [-0.4, -0.2) is 52.2 Å². The van der Waals surface area contributed by atoms with Crippen molar-refractivity contribution < 1.29 is 4.39 Å². The van der Waals surface area contributed by atoms with Crippen molar-refractivity contribution in [2.75, 3.05) is 37.6 Å². The van der Waals surface area contributed by atoms with Crippen LogP contribution in [0.1, 0.15) is 39.1 Å². The van der Waals surface area contributed by atoms with Crippen molar-refractivity contribution in [1.29, 1.82) is 0 Å². The predicted octanol–water partition coefficient (Wildman–Crippen LogP) is 4.28. The van der Waals surface area contributed by atoms with Crippen molar-refractivity contribution in [2.24, 2.45) is 0 Å². The van der Waals surface area contributed by atoms with Crippen LogP contribution in [0.25, 0.3) is 16.8 Å². The van der Waals surface area contributed by atoms with Crippen LogP contribution in [0, 0.1) is 12.7 Å². The molecule has 3 aromatic rings. The van der Waals surface area contributed by atoms with Gasteiger partial charge in [0.25, 0.3) is 0 Å². The molecule has 3 heterocycles. The molecule has 1 saturated heterocycles. The normalized spacial score (nSPS) is 16.0. The number of piperazine rings is 1. The van der Waals surface area contributed by atoms with Gasteiger partial charge in [0.2, 0.25) is 0 Å². The molecule has 1 aromatic carbocycles. The number of nitrogens with zero attached hydrogens (tertiary/aromatic N) is 5. The summed E-state index contributed by atoms with van der Waals surface area (Å²) in [6.07, 6.45) is 0. The second-order valence-electron chi connectivity index (χ2n) is 8.87. The van der Waals surface area contributed by atoms with Gasteiger partial charge in [0.05, 0.1) is 11.4 Å². The summed E-state index contributed by atoms with van der Waals surface area (Å²) in [5, 5.41) is 4.85. The Balaban J connectivity index is 1.89. The van der Waals surface area contributed by atoms with Crippen molar-refractivity contribution in [3.63, 3.8) is 0 Å². The van der Waals surface area contributed by atoms with E-state index in [0.717, 1.165) is 66.7 Å². The lowest BCUT2D eigenvalue weighted by molar-refractivity contribution is 0.270. The molecular formula is C23H30FN5. The van der Waals surface area contributed by atoms with Crippen molar-refractivity contribution in [1.82, 2.24) is 19.5 Å². The predicted molar refractivity (Wildman–Crippen MR) is 116 cm³/mol. The van der Waals surface area contributed by atoms with Gasteiger partial charge in [-0.15, -0.1) is 0 Å². The number of hydrogen-bond acceptors (Lipinski definition) is 4. The molecule has 0 spiro atoms. The molecular weight excluding hydrogens is 365 g/mol. The fourth-order valence-corrected chi connectivity index (χ4v) is 3.97. The largest absolute Gasteiger partial charge is 0.354 e. The number of halogens is 1. The van der Waals surface area contributed by atoms with Crippen LogP contribution >= 0.6 is 0 Å². The molecule has 0 bridgehead atoms. The number of aromatic nitrogens is 3. The van der Waals surface area contributed by atoms with E-state index in [1.807, 2.05) is 23.6 Å². The van der Waals surface area contributed by atoms with Crippen LogP contribution in [0.4, 0.5) is 10.2 Å². The maximum atomic E-state index is 13.5. The Morgan fingerprint density at radius 2 is 1.69 bits per heavy atom. The highest BCUT2D eigenvalue weighted by atomic mass is 19.1. The summed E-state index contributed by atoms with van der Waals surface area (Å²) in [5.41, 5.74) is 4.63. The zero-order valence-electron chi connectivity index (χ0n) is 18.0. The van der Waals surface area contributed by atoms with Gasteiger partial charge < -0.3 is 9.80 Å². The van der Waals surface area contributed by atoms with Crippen LogP contribution in [0.2, 0.25) is 0 Å². The number of rotatable bonds is 3. The van der Waals surface area contributed by atoms with E-state index >= 15 is 0 Å². The zero-order valence-corrected chi connectivity index (χ0v) is 18.0. The number of likely N-dealkylation sites (N-methyl/N-ethyl adjacent to an activating group) is 1. The van der Waals surface area contributed by atoms with Crippen LogP contribution in [0.3, 0.4) is 0 Å². The highest BCUT2D eigenvalue weighted by Crippen LogP contribution is 2.33. The Morgan fingerprint density at radius 1 is 1.03 bits per heavy atom. The summed E-state index contributed by atoms with van der Waals surface area (Å²) < 4.78 is 15.5. The Morgan fingerprint density at radius 3 is 2.28 bits per heavy atom.